The van der Waals surface area contributed by atoms with Gasteiger partial charge < -0.3 is 10.4 Å². The summed E-state index contributed by atoms with van der Waals surface area (Å²) in [5.41, 5.74) is 1.01. The molecule has 0 saturated carbocycles. The minimum absolute atomic E-state index is 0.0325. The van der Waals surface area contributed by atoms with Crippen LogP contribution in [0.15, 0.2) is 12.1 Å². The summed E-state index contributed by atoms with van der Waals surface area (Å²) in [4.78, 5) is 0.372. The molecular formula is C10H11ClN4O2. The number of halogens is 1. The van der Waals surface area contributed by atoms with E-state index in [0.29, 0.717) is 16.1 Å². The molecule has 0 aliphatic rings. The van der Waals surface area contributed by atoms with Crippen LogP contribution in [0.25, 0.3) is 11.0 Å². The predicted octanol–water partition coefficient (Wildman–Crippen LogP) is 0.895. The highest BCUT2D eigenvalue weighted by atomic mass is 35.5. The van der Waals surface area contributed by atoms with Crippen molar-refractivity contribution in [1.82, 2.24) is 5.10 Å². The number of aromatic nitrogens is 3. The van der Waals surface area contributed by atoms with Crippen molar-refractivity contribution in [3.05, 3.63) is 33.1 Å². The normalized spacial score (nSPS) is 10.8. The quantitative estimate of drug-likeness (QED) is 0.638. The fourth-order valence-electron chi connectivity index (χ4n) is 1.56. The molecule has 17 heavy (non-hydrogen) atoms. The summed E-state index contributed by atoms with van der Waals surface area (Å²) in [6.45, 7) is 4.07. The maximum Gasteiger partial charge on any atom is 0.460 e. The van der Waals surface area contributed by atoms with Crippen LogP contribution in [0.4, 0.5) is 5.95 Å². The number of benzene rings is 1. The van der Waals surface area contributed by atoms with Gasteiger partial charge in [0.2, 0.25) is 5.10 Å². The van der Waals surface area contributed by atoms with Gasteiger partial charge in [0.1, 0.15) is 5.02 Å². The van der Waals surface area contributed by atoms with Crippen LogP contribution in [0.1, 0.15) is 12.5 Å². The summed E-state index contributed by atoms with van der Waals surface area (Å²) in [5.74, 6) is -0.0325. The highest BCUT2D eigenvalue weighted by Gasteiger charge is 2.22. The molecule has 90 valence electrons. The van der Waals surface area contributed by atoms with Gasteiger partial charge in [0.05, 0.1) is 6.54 Å². The molecule has 0 radical (unpaired) electrons. The van der Waals surface area contributed by atoms with E-state index in [2.05, 4.69) is 10.4 Å². The highest BCUT2D eigenvalue weighted by Crippen LogP contribution is 2.22. The van der Waals surface area contributed by atoms with Crippen LogP contribution in [0.3, 0.4) is 0 Å². The Bertz CT molecular complexity index is 588. The van der Waals surface area contributed by atoms with Gasteiger partial charge in [-0.1, -0.05) is 17.7 Å². The Morgan fingerprint density at radius 1 is 1.41 bits per heavy atom. The Labute approximate surface area is 103 Å². The first kappa shape index (κ1) is 11.7. The Morgan fingerprint density at radius 2 is 2.12 bits per heavy atom. The van der Waals surface area contributed by atoms with Crippen molar-refractivity contribution in [2.75, 3.05) is 11.9 Å². The third kappa shape index (κ3) is 1.80. The number of hydrogen-bond donors (Lipinski definition) is 1. The maximum absolute atomic E-state index is 11.9. The molecular weight excluding hydrogens is 244 g/mol. The number of aryl methyl sites for hydroxylation is 1. The van der Waals surface area contributed by atoms with E-state index in [0.717, 1.165) is 5.56 Å². The fourth-order valence-corrected chi connectivity index (χ4v) is 1.79. The number of nitrogens with zero attached hydrogens (tertiary/aromatic N) is 3. The third-order valence-electron chi connectivity index (χ3n) is 2.41. The Morgan fingerprint density at radius 3 is 2.76 bits per heavy atom. The molecule has 0 spiro atoms. The lowest BCUT2D eigenvalue weighted by molar-refractivity contribution is -0.672. The molecule has 2 rings (SSSR count). The smallest absolute Gasteiger partial charge is 0.460 e. The van der Waals surface area contributed by atoms with E-state index in [1.165, 1.54) is 0 Å². The molecule has 1 aromatic carbocycles. The lowest BCUT2D eigenvalue weighted by Crippen LogP contribution is -2.44. The molecule has 0 fully saturated rings. The predicted molar refractivity (Wildman–Crippen MR) is 63.6 cm³/mol. The second-order valence-corrected chi connectivity index (χ2v) is 3.96. The average Bonchev–Trinajstić information content (AvgIpc) is 2.29. The van der Waals surface area contributed by atoms with Crippen molar-refractivity contribution in [3.63, 3.8) is 0 Å². The SMILES string of the molecule is CCNc1n[n+]([O-])c2c(Cl)c(C)ccc2[n+]1[O-]. The van der Waals surface area contributed by atoms with Crippen LogP contribution in [0.5, 0.6) is 0 Å². The summed E-state index contributed by atoms with van der Waals surface area (Å²) in [5, 5.41) is 30.2. The van der Waals surface area contributed by atoms with E-state index in [1.54, 1.807) is 19.1 Å². The summed E-state index contributed by atoms with van der Waals surface area (Å²) < 4.78 is 0.568. The molecule has 0 saturated heterocycles. The number of fused-ring (bicyclic) bond motifs is 1. The molecule has 0 atom stereocenters. The Kier molecular flexibility index (Phi) is 2.89. The maximum atomic E-state index is 11.9. The zero-order valence-corrected chi connectivity index (χ0v) is 10.2. The largest absolute Gasteiger partial charge is 0.739 e. The Balaban J connectivity index is 2.83. The van der Waals surface area contributed by atoms with E-state index in [4.69, 9.17) is 11.6 Å². The Hall–Kier alpha value is -1.82. The second-order valence-electron chi connectivity index (χ2n) is 3.59. The van der Waals surface area contributed by atoms with Crippen molar-refractivity contribution in [3.8, 4) is 0 Å². The highest BCUT2D eigenvalue weighted by molar-refractivity contribution is 6.35. The van der Waals surface area contributed by atoms with E-state index in [9.17, 15) is 10.4 Å². The third-order valence-corrected chi connectivity index (χ3v) is 2.89. The summed E-state index contributed by atoms with van der Waals surface area (Å²) in [7, 11) is 0. The average molecular weight is 255 g/mol. The van der Waals surface area contributed by atoms with Gasteiger partial charge in [0.15, 0.2) is 5.52 Å². The topological polar surface area (TPSA) is 78.8 Å². The lowest BCUT2D eigenvalue weighted by Gasteiger charge is -2.10. The monoisotopic (exact) mass is 254 g/mol. The van der Waals surface area contributed by atoms with Crippen LogP contribution < -0.4 is 14.9 Å². The minimum atomic E-state index is -0.0325. The molecule has 6 nitrogen and oxygen atoms in total. The molecule has 0 bridgehead atoms. The van der Waals surface area contributed by atoms with Gasteiger partial charge in [-0.25, -0.2) is 4.73 Å². The van der Waals surface area contributed by atoms with Crippen LogP contribution in [-0.4, -0.2) is 11.6 Å². The van der Waals surface area contributed by atoms with E-state index >= 15 is 0 Å². The minimum Gasteiger partial charge on any atom is -0.739 e. The van der Waals surface area contributed by atoms with Crippen LogP contribution in [-0.2, 0) is 0 Å². The summed E-state index contributed by atoms with van der Waals surface area (Å²) >= 11 is 6.00. The van der Waals surface area contributed by atoms with Crippen molar-refractivity contribution in [2.45, 2.75) is 13.8 Å². The fraction of sp³-hybridized carbons (Fsp3) is 0.300. The van der Waals surface area contributed by atoms with Gasteiger partial charge in [-0.3, -0.25) is 5.32 Å². The molecule has 0 unspecified atom stereocenters. The molecule has 1 heterocycles. The molecule has 1 aromatic heterocycles. The first-order valence-corrected chi connectivity index (χ1v) is 5.50. The molecule has 0 aliphatic heterocycles. The van der Waals surface area contributed by atoms with Crippen molar-refractivity contribution < 1.29 is 9.58 Å². The van der Waals surface area contributed by atoms with Gasteiger partial charge in [-0.2, -0.15) is 0 Å². The zero-order valence-electron chi connectivity index (χ0n) is 9.40. The van der Waals surface area contributed by atoms with Gasteiger partial charge in [0.25, 0.3) is 0 Å². The van der Waals surface area contributed by atoms with Crippen molar-refractivity contribution in [1.29, 1.82) is 0 Å². The molecule has 0 aliphatic carbocycles. The standard InChI is InChI=1S/C10H11ClN4O2/c1-3-12-10-13-15(17)9-7(14(10)16)5-4-6(2)8(9)11/h4-5H,3H2,1-2H3,(H,12,13). The van der Waals surface area contributed by atoms with Gasteiger partial charge in [-0.15, -0.1) is 0 Å². The van der Waals surface area contributed by atoms with Crippen LogP contribution in [0.2, 0.25) is 5.02 Å². The molecule has 2 aromatic rings. The van der Waals surface area contributed by atoms with Crippen molar-refractivity contribution in [2.24, 2.45) is 0 Å². The number of rotatable bonds is 2. The zero-order chi connectivity index (χ0) is 12.6. The van der Waals surface area contributed by atoms with Gasteiger partial charge >= 0.3 is 11.5 Å². The summed E-state index contributed by atoms with van der Waals surface area (Å²) in [6, 6.07) is 3.25. The number of anilines is 1. The number of hydrogen-bond acceptors (Lipinski definition) is 4. The van der Waals surface area contributed by atoms with Crippen LogP contribution in [0, 0.1) is 17.3 Å². The van der Waals surface area contributed by atoms with Crippen LogP contribution >= 0.6 is 11.6 Å². The first-order valence-electron chi connectivity index (χ1n) is 5.12. The lowest BCUT2D eigenvalue weighted by atomic mass is 10.2. The summed E-state index contributed by atoms with van der Waals surface area (Å²) in [6.07, 6.45) is 0. The van der Waals surface area contributed by atoms with E-state index < -0.39 is 0 Å². The molecule has 1 N–H and O–H groups in total. The van der Waals surface area contributed by atoms with E-state index in [1.807, 2.05) is 6.92 Å². The van der Waals surface area contributed by atoms with Gasteiger partial charge in [0, 0.05) is 4.85 Å². The molecule has 0 amide bonds. The number of nitrogens with one attached hydrogen (secondary N) is 1. The molecule has 7 heteroatoms. The first-order chi connectivity index (χ1) is 8.06. The van der Waals surface area contributed by atoms with Gasteiger partial charge in [-0.05, 0) is 25.5 Å². The van der Waals surface area contributed by atoms with E-state index in [-0.39, 0.29) is 22.0 Å². The second kappa shape index (κ2) is 4.21. The van der Waals surface area contributed by atoms with Crippen molar-refractivity contribution >= 4 is 28.6 Å².